The van der Waals surface area contributed by atoms with E-state index >= 15 is 0 Å². The van der Waals surface area contributed by atoms with Crippen LogP contribution in [-0.2, 0) is 4.79 Å². The standard InChI is InChI=1S/C15H17ClN6O2/c1-10(23)21-6-8-22(9-7-21)15(24)13-14(19-20-18-13)17-12-4-2-11(16)3-5-12/h2-5H,6-9H2,1H3,(H2,17,18,19,20). The largest absolute Gasteiger partial charge is 0.339 e. The third-order valence-corrected chi connectivity index (χ3v) is 4.12. The van der Waals surface area contributed by atoms with Crippen LogP contribution in [-0.4, -0.2) is 63.2 Å². The first-order valence-corrected chi connectivity index (χ1v) is 7.90. The number of carbonyl (C=O) groups is 2. The number of rotatable bonds is 3. The maximum atomic E-state index is 12.6. The van der Waals surface area contributed by atoms with Crippen molar-refractivity contribution in [2.24, 2.45) is 0 Å². The second-order valence-electron chi connectivity index (χ2n) is 5.45. The van der Waals surface area contributed by atoms with Gasteiger partial charge in [0.25, 0.3) is 5.91 Å². The maximum absolute atomic E-state index is 12.6. The van der Waals surface area contributed by atoms with Crippen LogP contribution in [0.2, 0.25) is 5.02 Å². The summed E-state index contributed by atoms with van der Waals surface area (Å²) in [6.45, 7) is 3.54. The summed E-state index contributed by atoms with van der Waals surface area (Å²) in [5.74, 6) is 0.161. The van der Waals surface area contributed by atoms with Crippen LogP contribution in [0.25, 0.3) is 0 Å². The fourth-order valence-corrected chi connectivity index (χ4v) is 2.64. The number of anilines is 2. The summed E-state index contributed by atoms with van der Waals surface area (Å²) in [4.78, 5) is 27.4. The lowest BCUT2D eigenvalue weighted by Crippen LogP contribution is -2.50. The minimum absolute atomic E-state index is 0.0219. The number of amides is 2. The molecule has 8 nitrogen and oxygen atoms in total. The van der Waals surface area contributed by atoms with Crippen LogP contribution in [0, 0.1) is 0 Å². The Hall–Kier alpha value is -2.61. The van der Waals surface area contributed by atoms with Crippen molar-refractivity contribution in [3.05, 3.63) is 35.0 Å². The van der Waals surface area contributed by atoms with Gasteiger partial charge in [0, 0.05) is 43.8 Å². The van der Waals surface area contributed by atoms with Crippen molar-refractivity contribution in [1.29, 1.82) is 0 Å². The quantitative estimate of drug-likeness (QED) is 0.876. The Morgan fingerprint density at radius 1 is 1.08 bits per heavy atom. The molecule has 1 aromatic heterocycles. The van der Waals surface area contributed by atoms with Crippen molar-refractivity contribution in [3.63, 3.8) is 0 Å². The molecule has 0 saturated carbocycles. The predicted molar refractivity (Wildman–Crippen MR) is 89.3 cm³/mol. The van der Waals surface area contributed by atoms with E-state index in [1.54, 1.807) is 34.1 Å². The van der Waals surface area contributed by atoms with Crippen LogP contribution in [0.3, 0.4) is 0 Å². The zero-order valence-electron chi connectivity index (χ0n) is 13.1. The molecule has 9 heteroatoms. The maximum Gasteiger partial charge on any atom is 0.278 e. The summed E-state index contributed by atoms with van der Waals surface area (Å²) in [6, 6.07) is 7.06. The summed E-state index contributed by atoms with van der Waals surface area (Å²) < 4.78 is 0. The summed E-state index contributed by atoms with van der Waals surface area (Å²) in [5.41, 5.74) is 0.977. The van der Waals surface area contributed by atoms with Gasteiger partial charge in [0.15, 0.2) is 11.5 Å². The first-order valence-electron chi connectivity index (χ1n) is 7.53. The van der Waals surface area contributed by atoms with Gasteiger partial charge >= 0.3 is 0 Å². The minimum atomic E-state index is -0.219. The lowest BCUT2D eigenvalue weighted by atomic mass is 10.2. The van der Waals surface area contributed by atoms with E-state index in [2.05, 4.69) is 20.7 Å². The number of hydrogen-bond donors (Lipinski definition) is 2. The van der Waals surface area contributed by atoms with Crippen LogP contribution >= 0.6 is 11.6 Å². The number of H-pyrrole nitrogens is 1. The molecule has 0 unspecified atom stereocenters. The first kappa shape index (κ1) is 16.3. The molecule has 0 spiro atoms. The zero-order valence-corrected chi connectivity index (χ0v) is 13.9. The molecular formula is C15H17ClN6O2. The van der Waals surface area contributed by atoms with Crippen molar-refractivity contribution in [1.82, 2.24) is 25.2 Å². The Morgan fingerprint density at radius 2 is 1.71 bits per heavy atom. The van der Waals surface area contributed by atoms with Gasteiger partial charge in [0.05, 0.1) is 0 Å². The van der Waals surface area contributed by atoms with Gasteiger partial charge in [-0.1, -0.05) is 11.6 Å². The fourth-order valence-electron chi connectivity index (χ4n) is 2.51. The Balaban J connectivity index is 1.69. The van der Waals surface area contributed by atoms with Gasteiger partial charge in [-0.25, -0.2) is 0 Å². The number of nitrogens with zero attached hydrogens (tertiary/aromatic N) is 4. The first-order chi connectivity index (χ1) is 11.5. The van der Waals surface area contributed by atoms with E-state index in [4.69, 9.17) is 11.6 Å². The van der Waals surface area contributed by atoms with E-state index in [9.17, 15) is 9.59 Å². The molecule has 0 bridgehead atoms. The molecule has 1 aromatic carbocycles. The van der Waals surface area contributed by atoms with E-state index in [1.807, 2.05) is 0 Å². The highest BCUT2D eigenvalue weighted by molar-refractivity contribution is 6.30. The van der Waals surface area contributed by atoms with Gasteiger partial charge in [-0.3, -0.25) is 9.59 Å². The van der Waals surface area contributed by atoms with Gasteiger partial charge in [-0.2, -0.15) is 5.21 Å². The molecule has 24 heavy (non-hydrogen) atoms. The topological polar surface area (TPSA) is 94.2 Å². The third kappa shape index (κ3) is 3.48. The van der Waals surface area contributed by atoms with Crippen LogP contribution in [0.15, 0.2) is 24.3 Å². The van der Waals surface area contributed by atoms with Gasteiger partial charge in [0.2, 0.25) is 5.91 Å². The monoisotopic (exact) mass is 348 g/mol. The number of piperazine rings is 1. The molecule has 0 atom stereocenters. The molecule has 1 saturated heterocycles. The highest BCUT2D eigenvalue weighted by atomic mass is 35.5. The third-order valence-electron chi connectivity index (χ3n) is 3.87. The van der Waals surface area contributed by atoms with E-state index < -0.39 is 0 Å². The van der Waals surface area contributed by atoms with Gasteiger partial charge < -0.3 is 15.1 Å². The molecule has 3 rings (SSSR count). The number of hydrogen-bond acceptors (Lipinski definition) is 5. The molecule has 0 radical (unpaired) electrons. The molecule has 1 aliphatic rings. The van der Waals surface area contributed by atoms with Gasteiger partial charge in [-0.05, 0) is 24.3 Å². The zero-order chi connectivity index (χ0) is 17.1. The molecule has 1 aliphatic heterocycles. The summed E-state index contributed by atoms with van der Waals surface area (Å²) in [7, 11) is 0. The highest BCUT2D eigenvalue weighted by Crippen LogP contribution is 2.20. The molecule has 0 aliphatic carbocycles. The smallest absolute Gasteiger partial charge is 0.278 e. The second-order valence-corrected chi connectivity index (χ2v) is 5.89. The molecule has 2 amide bonds. The predicted octanol–water partition coefficient (Wildman–Crippen LogP) is 1.51. The normalized spacial score (nSPS) is 14.6. The summed E-state index contributed by atoms with van der Waals surface area (Å²) in [6.07, 6.45) is 0. The van der Waals surface area contributed by atoms with E-state index in [0.717, 1.165) is 5.69 Å². The van der Waals surface area contributed by atoms with Crippen LogP contribution in [0.4, 0.5) is 11.5 Å². The average Bonchev–Trinajstić information content (AvgIpc) is 3.04. The van der Waals surface area contributed by atoms with Crippen molar-refractivity contribution in [2.45, 2.75) is 6.92 Å². The summed E-state index contributed by atoms with van der Waals surface area (Å²) >= 11 is 5.86. The van der Waals surface area contributed by atoms with Crippen LogP contribution in [0.5, 0.6) is 0 Å². The molecule has 2 N–H and O–H groups in total. The Kier molecular flexibility index (Phi) is 4.66. The highest BCUT2D eigenvalue weighted by Gasteiger charge is 2.27. The Bertz CT molecular complexity index is 737. The van der Waals surface area contributed by atoms with E-state index in [1.165, 1.54) is 6.92 Å². The van der Waals surface area contributed by atoms with E-state index in [-0.39, 0.29) is 17.5 Å². The fraction of sp³-hybridized carbons (Fsp3) is 0.333. The van der Waals surface area contributed by atoms with E-state index in [0.29, 0.717) is 37.0 Å². The Morgan fingerprint density at radius 3 is 2.33 bits per heavy atom. The summed E-state index contributed by atoms with van der Waals surface area (Å²) in [5, 5.41) is 14.1. The van der Waals surface area contributed by atoms with Crippen molar-refractivity contribution in [2.75, 3.05) is 31.5 Å². The molecular weight excluding hydrogens is 332 g/mol. The van der Waals surface area contributed by atoms with Gasteiger partial charge in [-0.15, -0.1) is 10.2 Å². The Labute approximate surface area is 143 Å². The molecule has 2 heterocycles. The number of halogens is 1. The number of benzene rings is 1. The van der Waals surface area contributed by atoms with Crippen molar-refractivity contribution >= 4 is 34.9 Å². The van der Waals surface area contributed by atoms with Crippen LogP contribution < -0.4 is 5.32 Å². The second kappa shape index (κ2) is 6.88. The minimum Gasteiger partial charge on any atom is -0.339 e. The molecule has 2 aromatic rings. The van der Waals surface area contributed by atoms with Crippen molar-refractivity contribution in [3.8, 4) is 0 Å². The van der Waals surface area contributed by atoms with Crippen LogP contribution in [0.1, 0.15) is 17.4 Å². The molecule has 1 fully saturated rings. The lowest BCUT2D eigenvalue weighted by Gasteiger charge is -2.33. The average molecular weight is 349 g/mol. The molecule has 126 valence electrons. The number of aromatic nitrogens is 3. The van der Waals surface area contributed by atoms with Crippen molar-refractivity contribution < 1.29 is 9.59 Å². The lowest BCUT2D eigenvalue weighted by molar-refractivity contribution is -0.130. The van der Waals surface area contributed by atoms with Gasteiger partial charge in [0.1, 0.15) is 0 Å². The number of carbonyl (C=O) groups excluding carboxylic acids is 2. The SMILES string of the molecule is CC(=O)N1CCN(C(=O)c2n[nH]nc2Nc2ccc(Cl)cc2)CC1. The number of aromatic amines is 1. The number of nitrogens with one attached hydrogen (secondary N) is 2.